The number of aryl methyl sites for hydroxylation is 2. The van der Waals surface area contributed by atoms with Gasteiger partial charge in [0.1, 0.15) is 5.60 Å². The summed E-state index contributed by atoms with van der Waals surface area (Å²) in [5, 5.41) is 2.91. The molecule has 0 fully saturated rings. The van der Waals surface area contributed by atoms with Crippen LogP contribution in [0.3, 0.4) is 0 Å². The molecule has 8 nitrogen and oxygen atoms in total. The molecule has 180 valence electrons. The van der Waals surface area contributed by atoms with E-state index in [0.29, 0.717) is 0 Å². The van der Waals surface area contributed by atoms with Crippen molar-refractivity contribution in [2.24, 2.45) is 5.73 Å². The number of carbonyl (C=O) groups is 1. The molecule has 0 saturated carbocycles. The van der Waals surface area contributed by atoms with Crippen LogP contribution in [0.25, 0.3) is 0 Å². The predicted octanol–water partition coefficient (Wildman–Crippen LogP) is 3.77. The van der Waals surface area contributed by atoms with E-state index in [1.165, 1.54) is 0 Å². The Morgan fingerprint density at radius 3 is 2.09 bits per heavy atom. The monoisotopic (exact) mass is 456 g/mol. The Labute approximate surface area is 194 Å². The molecule has 0 aromatic carbocycles. The van der Waals surface area contributed by atoms with Gasteiger partial charge in [0.25, 0.3) is 0 Å². The second-order valence-corrected chi connectivity index (χ2v) is 9.85. The van der Waals surface area contributed by atoms with Crippen LogP contribution in [0.1, 0.15) is 93.6 Å². The van der Waals surface area contributed by atoms with Gasteiger partial charge in [-0.05, 0) is 81.5 Å². The molecule has 0 aliphatic heterocycles. The molecule has 2 unspecified atom stereocenters. The lowest BCUT2D eigenvalue weighted by atomic mass is 10.0. The van der Waals surface area contributed by atoms with Gasteiger partial charge >= 0.3 is 6.09 Å². The van der Waals surface area contributed by atoms with E-state index < -0.39 is 11.7 Å². The fraction of sp³-hybridized carbons (Fsp3) is 0.560. The summed E-state index contributed by atoms with van der Waals surface area (Å²) < 4.78 is 5.30. The molecule has 33 heavy (non-hydrogen) atoms. The molecular weight excluding hydrogens is 420 g/mol. The number of nitrogens with two attached hydrogens (primary N) is 1. The Kier molecular flexibility index (Phi) is 8.13. The molecule has 5 N–H and O–H groups in total. The zero-order valence-corrected chi connectivity index (χ0v) is 19.8. The second-order valence-electron chi connectivity index (χ2n) is 9.85. The van der Waals surface area contributed by atoms with Gasteiger partial charge in [-0.1, -0.05) is 12.8 Å². The Hall–Kier alpha value is -2.87. The van der Waals surface area contributed by atoms with Crippen molar-refractivity contribution in [1.82, 2.24) is 15.3 Å². The van der Waals surface area contributed by atoms with Gasteiger partial charge in [0.05, 0.1) is 6.04 Å². The van der Waals surface area contributed by atoms with Crippen LogP contribution in [-0.4, -0.2) is 21.7 Å². The van der Waals surface area contributed by atoms with Crippen LogP contribution in [0.4, 0.5) is 4.79 Å². The number of alkyl carbamates (subject to hydrolysis) is 1. The van der Waals surface area contributed by atoms with Gasteiger partial charge in [0.2, 0.25) is 11.1 Å². The highest BCUT2D eigenvalue weighted by molar-refractivity contribution is 5.68. The number of amides is 1. The van der Waals surface area contributed by atoms with Crippen LogP contribution >= 0.6 is 0 Å². The first-order valence-electron chi connectivity index (χ1n) is 11.8. The third kappa shape index (κ3) is 7.32. The summed E-state index contributed by atoms with van der Waals surface area (Å²) in [6.45, 7) is 5.52. The van der Waals surface area contributed by atoms with Gasteiger partial charge in [-0.3, -0.25) is 9.59 Å². The summed E-state index contributed by atoms with van der Waals surface area (Å²) >= 11 is 0. The zero-order chi connectivity index (χ0) is 24.0. The molecule has 2 aliphatic carbocycles. The van der Waals surface area contributed by atoms with Crippen LogP contribution in [0, 0.1) is 0 Å². The van der Waals surface area contributed by atoms with E-state index in [0.717, 1.165) is 73.6 Å². The molecule has 0 radical (unpaired) electrons. The smallest absolute Gasteiger partial charge is 0.408 e. The lowest BCUT2D eigenvalue weighted by molar-refractivity contribution is 0.0501. The second kappa shape index (κ2) is 10.8. The van der Waals surface area contributed by atoms with Crippen molar-refractivity contribution in [3.63, 3.8) is 0 Å². The van der Waals surface area contributed by atoms with E-state index >= 15 is 0 Å². The van der Waals surface area contributed by atoms with Crippen LogP contribution in [0.5, 0.6) is 0 Å². The zero-order valence-electron chi connectivity index (χ0n) is 19.8. The Morgan fingerprint density at radius 1 is 0.939 bits per heavy atom. The summed E-state index contributed by atoms with van der Waals surface area (Å²) in [6.07, 6.45) is 11.2. The SMILES string of the molecule is CC(C)(C)OC(=O)NC1CCCCc2cc(=O)[nH]cc21.NC1CCCCc2cc(=O)[nH]cc21. The number of hydrogen-bond acceptors (Lipinski definition) is 5. The van der Waals surface area contributed by atoms with Crippen LogP contribution in [0.15, 0.2) is 34.1 Å². The number of nitrogens with one attached hydrogen (secondary N) is 3. The molecule has 1 amide bonds. The average molecular weight is 457 g/mol. The fourth-order valence-corrected chi connectivity index (χ4v) is 4.41. The van der Waals surface area contributed by atoms with Gasteiger partial charge in [0.15, 0.2) is 0 Å². The largest absolute Gasteiger partial charge is 0.444 e. The van der Waals surface area contributed by atoms with Crippen molar-refractivity contribution >= 4 is 6.09 Å². The molecule has 8 heteroatoms. The molecule has 2 aromatic rings. The molecule has 0 bridgehead atoms. The quantitative estimate of drug-likeness (QED) is 0.485. The summed E-state index contributed by atoms with van der Waals surface area (Å²) in [4.78, 5) is 39.8. The van der Waals surface area contributed by atoms with Gasteiger partial charge in [-0.15, -0.1) is 0 Å². The fourth-order valence-electron chi connectivity index (χ4n) is 4.41. The number of hydrogen-bond donors (Lipinski definition) is 4. The molecule has 2 aliphatic rings. The van der Waals surface area contributed by atoms with E-state index in [1.807, 2.05) is 20.8 Å². The van der Waals surface area contributed by atoms with Crippen LogP contribution < -0.4 is 22.2 Å². The molecule has 2 atom stereocenters. The first-order chi connectivity index (χ1) is 15.6. The summed E-state index contributed by atoms with van der Waals surface area (Å²) in [7, 11) is 0. The minimum Gasteiger partial charge on any atom is -0.444 e. The highest BCUT2D eigenvalue weighted by Crippen LogP contribution is 2.27. The molecule has 2 aromatic heterocycles. The van der Waals surface area contributed by atoms with Gasteiger partial charge in [-0.25, -0.2) is 4.79 Å². The topological polar surface area (TPSA) is 130 Å². The van der Waals surface area contributed by atoms with E-state index in [4.69, 9.17) is 10.5 Å². The Balaban J connectivity index is 0.000000203. The lowest BCUT2D eigenvalue weighted by Gasteiger charge is -2.23. The van der Waals surface area contributed by atoms with Crippen LogP contribution in [-0.2, 0) is 17.6 Å². The van der Waals surface area contributed by atoms with E-state index in [9.17, 15) is 14.4 Å². The van der Waals surface area contributed by atoms with E-state index in [1.54, 1.807) is 24.5 Å². The van der Waals surface area contributed by atoms with Crippen LogP contribution in [0.2, 0.25) is 0 Å². The van der Waals surface area contributed by atoms with E-state index in [2.05, 4.69) is 15.3 Å². The first kappa shape index (κ1) is 24.8. The van der Waals surface area contributed by atoms with Gasteiger partial charge in [0, 0.05) is 30.6 Å². The van der Waals surface area contributed by atoms with Gasteiger partial charge < -0.3 is 25.8 Å². The standard InChI is InChI=1S/C15H22N2O3.C10H14N2O/c1-15(2,3)20-14(19)17-12-7-5-4-6-10-8-13(18)16-9-11(10)12;11-9-4-2-1-3-7-5-10(13)12-6-8(7)9/h8-9,12H,4-7H2,1-3H3,(H,16,18)(H,17,19);5-6,9H,1-4,11H2,(H,12,13). The maximum absolute atomic E-state index is 11.9. The van der Waals surface area contributed by atoms with E-state index in [-0.39, 0.29) is 23.2 Å². The minimum atomic E-state index is -0.511. The number of fused-ring (bicyclic) bond motifs is 2. The van der Waals surface area contributed by atoms with Crippen molar-refractivity contribution in [2.45, 2.75) is 89.8 Å². The van der Waals surface area contributed by atoms with Crippen molar-refractivity contribution in [3.8, 4) is 0 Å². The maximum atomic E-state index is 11.9. The summed E-state index contributed by atoms with van der Waals surface area (Å²) in [5.74, 6) is 0. The van der Waals surface area contributed by atoms with Crippen molar-refractivity contribution in [1.29, 1.82) is 0 Å². The Morgan fingerprint density at radius 2 is 1.48 bits per heavy atom. The highest BCUT2D eigenvalue weighted by atomic mass is 16.6. The normalized spacial score (nSPS) is 20.1. The first-order valence-corrected chi connectivity index (χ1v) is 11.8. The molecule has 2 heterocycles. The maximum Gasteiger partial charge on any atom is 0.408 e. The summed E-state index contributed by atoms with van der Waals surface area (Å²) in [5.41, 5.74) is 9.62. The number of aromatic amines is 2. The molecule has 0 saturated heterocycles. The molecule has 0 spiro atoms. The number of carbonyl (C=O) groups excluding carboxylic acids is 1. The average Bonchev–Trinajstić information content (AvgIpc) is 3.02. The molecular formula is C25H36N4O4. The highest BCUT2D eigenvalue weighted by Gasteiger charge is 2.24. The Bertz CT molecular complexity index is 1070. The number of H-pyrrole nitrogens is 2. The van der Waals surface area contributed by atoms with Crippen molar-refractivity contribution in [2.75, 3.05) is 0 Å². The number of ether oxygens (including phenoxy) is 1. The third-order valence-electron chi connectivity index (χ3n) is 5.96. The number of rotatable bonds is 1. The summed E-state index contributed by atoms with van der Waals surface area (Å²) in [6, 6.07) is 3.32. The van der Waals surface area contributed by atoms with Crippen molar-refractivity contribution in [3.05, 3.63) is 67.5 Å². The van der Waals surface area contributed by atoms with Crippen molar-refractivity contribution < 1.29 is 9.53 Å². The van der Waals surface area contributed by atoms with Gasteiger partial charge in [-0.2, -0.15) is 0 Å². The predicted molar refractivity (Wildman–Crippen MR) is 128 cm³/mol. The molecule has 4 rings (SSSR count). The minimum absolute atomic E-state index is 0.0205. The lowest BCUT2D eigenvalue weighted by Crippen LogP contribution is -2.35. The number of aromatic nitrogens is 2. The number of pyridine rings is 2. The third-order valence-corrected chi connectivity index (χ3v) is 5.96.